The number of aromatic amines is 1. The van der Waals surface area contributed by atoms with E-state index in [9.17, 15) is 18.0 Å². The summed E-state index contributed by atoms with van der Waals surface area (Å²) in [6.07, 6.45) is 7.85. The largest absolute Gasteiger partial charge is 0.444 e. The summed E-state index contributed by atoms with van der Waals surface area (Å²) in [5.41, 5.74) is 3.47. The van der Waals surface area contributed by atoms with E-state index in [-0.39, 0.29) is 22.5 Å². The zero-order valence-electron chi connectivity index (χ0n) is 21.9. The molecule has 1 aliphatic carbocycles. The molecule has 0 saturated heterocycles. The minimum atomic E-state index is -3.42. The first-order chi connectivity index (χ1) is 17.3. The van der Waals surface area contributed by atoms with E-state index in [0.29, 0.717) is 12.1 Å². The lowest BCUT2D eigenvalue weighted by atomic mass is 9.89. The van der Waals surface area contributed by atoms with Crippen LogP contribution in [0, 0.1) is 0 Å². The zero-order chi connectivity index (χ0) is 26.7. The molecular weight excluding hydrogens is 492 g/mol. The smallest absolute Gasteiger partial charge is 0.407 e. The summed E-state index contributed by atoms with van der Waals surface area (Å²) in [7, 11) is -1.71. The molecule has 1 aromatic carbocycles. The van der Waals surface area contributed by atoms with Gasteiger partial charge in [0, 0.05) is 66.5 Å². The number of aryl methyl sites for hydroxylation is 1. The van der Waals surface area contributed by atoms with Crippen LogP contribution in [-0.4, -0.2) is 48.0 Å². The second-order valence-electron chi connectivity index (χ2n) is 11.3. The van der Waals surface area contributed by atoms with Gasteiger partial charge in [-0.05, 0) is 70.2 Å². The Morgan fingerprint density at radius 2 is 1.84 bits per heavy atom. The summed E-state index contributed by atoms with van der Waals surface area (Å²) < 4.78 is 31.8. The fourth-order valence-electron chi connectivity index (χ4n) is 5.58. The summed E-state index contributed by atoms with van der Waals surface area (Å²) in [5, 5.41) is 3.85. The third-order valence-corrected chi connectivity index (χ3v) is 8.39. The normalized spacial score (nSPS) is 19.9. The molecule has 1 fully saturated rings. The highest BCUT2D eigenvalue weighted by Crippen LogP contribution is 2.43. The van der Waals surface area contributed by atoms with E-state index in [4.69, 9.17) is 4.74 Å². The van der Waals surface area contributed by atoms with Crippen LogP contribution in [0.1, 0.15) is 52.0 Å². The van der Waals surface area contributed by atoms with Crippen molar-refractivity contribution in [1.29, 1.82) is 0 Å². The topological polar surface area (TPSA) is 114 Å². The molecule has 0 spiro atoms. The van der Waals surface area contributed by atoms with E-state index in [2.05, 4.69) is 15.2 Å². The van der Waals surface area contributed by atoms with Gasteiger partial charge in [-0.3, -0.25) is 4.79 Å². The van der Waals surface area contributed by atoms with Crippen LogP contribution in [0.4, 0.5) is 10.5 Å². The molecule has 2 aromatic heterocycles. The van der Waals surface area contributed by atoms with Crippen LogP contribution in [0.5, 0.6) is 0 Å². The lowest BCUT2D eigenvalue weighted by Crippen LogP contribution is -2.45. The highest BCUT2D eigenvalue weighted by atomic mass is 32.2. The summed E-state index contributed by atoms with van der Waals surface area (Å²) in [6, 6.07) is 5.53. The summed E-state index contributed by atoms with van der Waals surface area (Å²) in [5.74, 6) is 0. The van der Waals surface area contributed by atoms with Gasteiger partial charge in [0.05, 0.1) is 4.90 Å². The molecule has 1 amide bonds. The minimum absolute atomic E-state index is 0.0448. The summed E-state index contributed by atoms with van der Waals surface area (Å²) in [4.78, 5) is 30.9. The van der Waals surface area contributed by atoms with E-state index in [1.54, 1.807) is 25.4 Å². The lowest BCUT2D eigenvalue weighted by molar-refractivity contribution is 0.0491. The molecule has 3 heterocycles. The number of hydrogen-bond acceptors (Lipinski definition) is 6. The van der Waals surface area contributed by atoms with Crippen molar-refractivity contribution in [2.45, 2.75) is 75.6 Å². The number of H-pyrrole nitrogens is 1. The molecule has 198 valence electrons. The molecule has 0 atom stereocenters. The SMILES string of the molecule is Cn1cc2c3c(c[nH]c3c1=O)CN(C1CCC(NC(=O)OC(C)(C)C)CC1)c1ccc(S(C)(=O)=O)cc1-2. The van der Waals surface area contributed by atoms with Crippen LogP contribution in [0.3, 0.4) is 0 Å². The number of anilines is 1. The number of rotatable bonds is 3. The number of sulfone groups is 1. The Balaban J connectivity index is 1.50. The molecular formula is C27H34N4O5S. The summed E-state index contributed by atoms with van der Waals surface area (Å²) in [6.45, 7) is 6.14. The second kappa shape index (κ2) is 8.93. The van der Waals surface area contributed by atoms with Crippen molar-refractivity contribution in [3.8, 4) is 11.1 Å². The molecule has 2 aliphatic rings. The van der Waals surface area contributed by atoms with Gasteiger partial charge in [-0.2, -0.15) is 0 Å². The number of nitrogens with zero attached hydrogens (tertiary/aromatic N) is 2. The van der Waals surface area contributed by atoms with Gasteiger partial charge >= 0.3 is 6.09 Å². The number of pyridine rings is 1. The van der Waals surface area contributed by atoms with E-state index in [1.807, 2.05) is 33.0 Å². The predicted molar refractivity (Wildman–Crippen MR) is 144 cm³/mol. The van der Waals surface area contributed by atoms with E-state index in [1.165, 1.54) is 10.8 Å². The quantitative estimate of drug-likeness (QED) is 0.531. The third-order valence-electron chi connectivity index (χ3n) is 7.28. The molecule has 2 N–H and O–H groups in total. The summed E-state index contributed by atoms with van der Waals surface area (Å²) >= 11 is 0. The molecule has 0 bridgehead atoms. The van der Waals surface area contributed by atoms with Crippen molar-refractivity contribution in [3.05, 3.63) is 46.5 Å². The number of benzene rings is 1. The highest BCUT2D eigenvalue weighted by molar-refractivity contribution is 7.90. The molecule has 10 heteroatoms. The standard InChI is InChI=1S/C27H34N4O5S/c1-27(2,3)36-26(33)29-17-6-8-18(9-7-17)31-14-16-13-28-24-23(16)21(15-30(4)25(24)32)20-12-19(37(5,34)35)10-11-22(20)31/h10-13,15,17-18,28H,6-9,14H2,1-5H3,(H,29,33). The van der Waals surface area contributed by atoms with Crippen molar-refractivity contribution in [2.24, 2.45) is 7.05 Å². The molecule has 0 unspecified atom stereocenters. The van der Waals surface area contributed by atoms with Gasteiger partial charge in [-0.15, -0.1) is 0 Å². The van der Waals surface area contributed by atoms with Gasteiger partial charge in [0.25, 0.3) is 5.56 Å². The second-order valence-corrected chi connectivity index (χ2v) is 13.3. The first-order valence-electron chi connectivity index (χ1n) is 12.6. The van der Waals surface area contributed by atoms with Crippen molar-refractivity contribution >= 4 is 32.5 Å². The first-order valence-corrected chi connectivity index (χ1v) is 14.5. The zero-order valence-corrected chi connectivity index (χ0v) is 22.7. The van der Waals surface area contributed by atoms with Crippen molar-refractivity contribution in [2.75, 3.05) is 11.2 Å². The maximum Gasteiger partial charge on any atom is 0.407 e. The van der Waals surface area contributed by atoms with Crippen molar-refractivity contribution in [1.82, 2.24) is 14.9 Å². The van der Waals surface area contributed by atoms with E-state index < -0.39 is 21.5 Å². The maximum atomic E-state index is 12.9. The molecule has 37 heavy (non-hydrogen) atoms. The lowest BCUT2D eigenvalue weighted by Gasteiger charge is -2.39. The number of fused-ring (bicyclic) bond motifs is 2. The van der Waals surface area contributed by atoms with Gasteiger partial charge in [-0.25, -0.2) is 13.2 Å². The van der Waals surface area contributed by atoms with Gasteiger partial charge in [0.15, 0.2) is 9.84 Å². The van der Waals surface area contributed by atoms with Crippen LogP contribution >= 0.6 is 0 Å². The van der Waals surface area contributed by atoms with Crippen LogP contribution in [0.15, 0.2) is 40.3 Å². The van der Waals surface area contributed by atoms with E-state index >= 15 is 0 Å². The fourth-order valence-corrected chi connectivity index (χ4v) is 6.22. The maximum absolute atomic E-state index is 12.9. The average molecular weight is 527 g/mol. The van der Waals surface area contributed by atoms with Crippen molar-refractivity contribution in [3.63, 3.8) is 0 Å². The molecule has 3 aromatic rings. The number of nitrogens with one attached hydrogen (secondary N) is 2. The Bertz CT molecular complexity index is 1540. The molecule has 0 radical (unpaired) electrons. The Labute approximate surface area is 216 Å². The molecule has 1 saturated carbocycles. The molecule has 5 rings (SSSR count). The van der Waals surface area contributed by atoms with Crippen LogP contribution in [0.2, 0.25) is 0 Å². The number of alkyl carbamates (subject to hydrolysis) is 1. The molecule has 1 aliphatic heterocycles. The van der Waals surface area contributed by atoms with Gasteiger partial charge in [0.1, 0.15) is 11.1 Å². The molecule has 9 nitrogen and oxygen atoms in total. The number of hydrogen-bond donors (Lipinski definition) is 2. The Morgan fingerprint density at radius 1 is 1.14 bits per heavy atom. The number of amides is 1. The van der Waals surface area contributed by atoms with Gasteiger partial charge < -0.3 is 24.5 Å². The first kappa shape index (κ1) is 25.4. The van der Waals surface area contributed by atoms with Gasteiger partial charge in [-0.1, -0.05) is 0 Å². The van der Waals surface area contributed by atoms with Crippen LogP contribution < -0.4 is 15.8 Å². The highest BCUT2D eigenvalue weighted by Gasteiger charge is 2.32. The Kier molecular flexibility index (Phi) is 6.13. The number of ether oxygens (including phenoxy) is 1. The predicted octanol–water partition coefficient (Wildman–Crippen LogP) is 4.09. The third kappa shape index (κ3) is 4.86. The van der Waals surface area contributed by atoms with Crippen molar-refractivity contribution < 1.29 is 17.9 Å². The minimum Gasteiger partial charge on any atom is -0.444 e. The van der Waals surface area contributed by atoms with E-state index in [0.717, 1.165) is 53.4 Å². The Morgan fingerprint density at radius 3 is 2.49 bits per heavy atom. The monoisotopic (exact) mass is 526 g/mol. The average Bonchev–Trinajstić information content (AvgIpc) is 3.17. The van der Waals surface area contributed by atoms with Gasteiger partial charge in [0.2, 0.25) is 0 Å². The number of carbonyl (C=O) groups excluding carboxylic acids is 1. The van der Waals surface area contributed by atoms with Crippen LogP contribution in [0.25, 0.3) is 22.0 Å². The number of carbonyl (C=O) groups is 1. The number of aromatic nitrogens is 2. The fraction of sp³-hybridized carbons (Fsp3) is 0.481. The van der Waals surface area contributed by atoms with Crippen LogP contribution in [-0.2, 0) is 28.2 Å². The Hall–Kier alpha value is -3.27.